The Morgan fingerprint density at radius 3 is 0.680 bits per heavy atom. The van der Waals surface area contributed by atoms with Crippen molar-refractivity contribution in [3.8, 4) is 134 Å². The summed E-state index contributed by atoms with van der Waals surface area (Å²) in [6, 6.07) is 187. The van der Waals surface area contributed by atoms with Crippen molar-refractivity contribution >= 4 is 163 Å². The Morgan fingerprint density at radius 1 is 0.109 bits per heavy atom. The summed E-state index contributed by atoms with van der Waals surface area (Å²) in [6.07, 6.45) is 0. The molecule has 30 rings (SSSR count). The maximum absolute atomic E-state index is 7.08. The van der Waals surface area contributed by atoms with Crippen LogP contribution >= 0.6 is 0 Å². The van der Waals surface area contributed by atoms with E-state index in [2.05, 4.69) is 522 Å². The average Bonchev–Trinajstić information content (AvgIpc) is 1.56. The second kappa shape index (κ2) is 35.9. The van der Waals surface area contributed by atoms with Crippen LogP contribution in [0.5, 0.6) is 0 Å². The lowest BCUT2D eigenvalue weighted by Gasteiger charge is -2.12. The summed E-state index contributed by atoms with van der Waals surface area (Å²) in [5.74, 6) is 0. The van der Waals surface area contributed by atoms with E-state index in [0.29, 0.717) is 0 Å². The summed E-state index contributed by atoms with van der Waals surface area (Å²) < 4.78 is 20.5. The van der Waals surface area contributed by atoms with Crippen LogP contribution in [0.3, 0.4) is 0 Å². The number of hydrogen-bond acceptors (Lipinski definition) is 6. The Hall–Kier alpha value is -19.5. The molecule has 0 N–H and O–H groups in total. The van der Waals surface area contributed by atoms with E-state index in [9.17, 15) is 0 Å². The summed E-state index contributed by atoms with van der Waals surface area (Å²) in [5, 5.41) is 24.8. The number of hydrogen-bond donors (Lipinski definition) is 0. The Morgan fingerprint density at radius 2 is 0.333 bits per heavy atom. The number of nitrogens with zero attached hydrogens (tertiary/aromatic N) is 3. The van der Waals surface area contributed by atoms with Gasteiger partial charge in [0, 0.05) is 109 Å². The van der Waals surface area contributed by atoms with Crippen molar-refractivity contribution in [3.63, 3.8) is 0 Å². The molecule has 0 unspecified atom stereocenters. The predicted octanol–water partition coefficient (Wildman–Crippen LogP) is 39.3. The van der Waals surface area contributed by atoms with Gasteiger partial charge in [-0.25, -0.2) is 15.0 Å². The third-order valence-corrected chi connectivity index (χ3v) is 29.5. The molecule has 6 nitrogen and oxygen atoms in total. The highest BCUT2D eigenvalue weighted by Crippen LogP contribution is 2.50. The quantitative estimate of drug-likeness (QED) is 0.113. The van der Waals surface area contributed by atoms with Gasteiger partial charge in [-0.2, -0.15) is 0 Å². The van der Waals surface area contributed by atoms with Crippen molar-refractivity contribution in [1.29, 1.82) is 0 Å². The Kier molecular flexibility index (Phi) is 20.9. The van der Waals surface area contributed by atoms with E-state index in [4.69, 9.17) is 28.2 Å². The number of para-hydroxylation sites is 2. The minimum absolute atomic E-state index is 0.873. The van der Waals surface area contributed by atoms with Crippen molar-refractivity contribution in [2.45, 2.75) is 0 Å². The lowest BCUT2D eigenvalue weighted by Crippen LogP contribution is -1.90. The molecule has 0 aliphatic rings. The second-order valence-electron chi connectivity index (χ2n) is 38.1. The number of fused-ring (bicyclic) bond motifs is 27. The number of pyridine rings is 3. The lowest BCUT2D eigenvalue weighted by atomic mass is 9.92. The monoisotopic (exact) mass is 1870 g/mol. The zero-order valence-corrected chi connectivity index (χ0v) is 79.8. The van der Waals surface area contributed by atoms with Gasteiger partial charge in [-0.05, 0) is 224 Å². The van der Waals surface area contributed by atoms with Gasteiger partial charge in [0.15, 0.2) is 0 Å². The van der Waals surface area contributed by atoms with E-state index in [1.54, 1.807) is 0 Å². The first-order valence-electron chi connectivity index (χ1n) is 50.1. The molecule has 0 spiro atoms. The fourth-order valence-corrected chi connectivity index (χ4v) is 22.5. The highest BCUT2D eigenvalue weighted by molar-refractivity contribution is 6.28. The number of furan rings is 3. The third kappa shape index (κ3) is 15.1. The maximum Gasteiger partial charge on any atom is 0.143 e. The maximum atomic E-state index is 7.08. The molecule has 0 aliphatic carbocycles. The van der Waals surface area contributed by atoms with Gasteiger partial charge in [0.05, 0.1) is 33.6 Å². The topological polar surface area (TPSA) is 78.1 Å². The summed E-state index contributed by atoms with van der Waals surface area (Å²) >= 11 is 0. The number of aromatic nitrogens is 3. The molecule has 6 heteroatoms. The zero-order chi connectivity index (χ0) is 96.9. The highest BCUT2D eigenvalue weighted by Gasteiger charge is 2.26. The molecule has 147 heavy (non-hydrogen) atoms. The fraction of sp³-hybridized carbons (Fsp3) is 0. The van der Waals surface area contributed by atoms with Gasteiger partial charge in [-0.3, -0.25) is 0 Å². The summed E-state index contributed by atoms with van der Waals surface area (Å²) in [6.45, 7) is 0. The molecule has 684 valence electrons. The zero-order valence-electron chi connectivity index (χ0n) is 79.8. The van der Waals surface area contributed by atoms with Crippen LogP contribution in [0.2, 0.25) is 0 Å². The second-order valence-corrected chi connectivity index (χ2v) is 38.1. The summed E-state index contributed by atoms with van der Waals surface area (Å²) in [7, 11) is 0. The minimum Gasteiger partial charge on any atom is -0.455 e. The van der Waals surface area contributed by atoms with Crippen LogP contribution in [0, 0.1) is 0 Å². The van der Waals surface area contributed by atoms with Gasteiger partial charge in [0.25, 0.3) is 0 Å². The average molecular weight is 1870 g/mol. The normalized spacial score (nSPS) is 11.7. The Bertz CT molecular complexity index is 10400. The molecule has 0 aliphatic heterocycles. The van der Waals surface area contributed by atoms with Crippen LogP contribution in [-0.4, -0.2) is 15.0 Å². The first kappa shape index (κ1) is 85.4. The first-order valence-corrected chi connectivity index (χ1v) is 50.1. The largest absolute Gasteiger partial charge is 0.455 e. The molecule has 0 saturated heterocycles. The predicted molar refractivity (Wildman–Crippen MR) is 617 cm³/mol. The molecule has 6 aromatic heterocycles. The van der Waals surface area contributed by atoms with Crippen LogP contribution < -0.4 is 0 Å². The van der Waals surface area contributed by atoms with Crippen molar-refractivity contribution < 1.29 is 13.3 Å². The number of rotatable bonds is 12. The van der Waals surface area contributed by atoms with E-state index in [1.807, 2.05) is 6.07 Å². The minimum atomic E-state index is 0.873. The third-order valence-electron chi connectivity index (χ3n) is 29.5. The molecular weight excluding hydrogens is 1780 g/mol. The molecule has 30 aromatic rings. The molecule has 0 bridgehead atoms. The lowest BCUT2D eigenvalue weighted by molar-refractivity contribution is 0.670. The summed E-state index contributed by atoms with van der Waals surface area (Å²) in [5.41, 5.74) is 34.7. The van der Waals surface area contributed by atoms with Crippen LogP contribution in [0.15, 0.2) is 541 Å². The molecular formula is C141H87N3O3. The molecule has 0 fully saturated rings. The fourth-order valence-electron chi connectivity index (χ4n) is 22.5. The van der Waals surface area contributed by atoms with E-state index in [1.165, 1.54) is 92.3 Å². The molecule has 0 radical (unpaired) electrons. The van der Waals surface area contributed by atoms with E-state index < -0.39 is 0 Å². The van der Waals surface area contributed by atoms with E-state index in [0.717, 1.165) is 205 Å². The highest BCUT2D eigenvalue weighted by atomic mass is 16.3. The SMILES string of the molecule is c1ccc(-c2cc(-c3ccccc3)c3oc4c(-c5cccc(-c6ccc7c8ccccc8c8ccccc8c7n6)c5)cc(-c5ccccc5)cc4c3c2)cc1.c1ccc(-c2ccc3oc4c(-c5cccc(-c6ccc7c8ccccc8c8ccccc8c7n6)c5)cc(-c5ccccc5)cc4c3c2)cc1.c1ccc(-c2cccc3c2oc2c(-c4cccc(-c5ccc6c7ccccc7c7ccccc7c6n5)c4)cccc23)cc1. The molecule has 6 heterocycles. The van der Waals surface area contributed by atoms with Gasteiger partial charge in [-0.15, -0.1) is 0 Å². The Balaban J connectivity index is 0.000000107. The molecule has 0 saturated carbocycles. The van der Waals surface area contributed by atoms with Crippen molar-refractivity contribution in [2.75, 3.05) is 0 Å². The van der Waals surface area contributed by atoms with Gasteiger partial charge in [0.2, 0.25) is 0 Å². The van der Waals surface area contributed by atoms with Crippen molar-refractivity contribution in [2.24, 2.45) is 0 Å². The van der Waals surface area contributed by atoms with Crippen molar-refractivity contribution in [3.05, 3.63) is 528 Å². The van der Waals surface area contributed by atoms with Crippen LogP contribution in [0.1, 0.15) is 0 Å². The van der Waals surface area contributed by atoms with Crippen LogP contribution in [-0.2, 0) is 0 Å². The molecule has 0 amide bonds. The van der Waals surface area contributed by atoms with E-state index >= 15 is 0 Å². The van der Waals surface area contributed by atoms with E-state index in [-0.39, 0.29) is 0 Å². The number of benzene rings is 24. The molecule has 24 aromatic carbocycles. The smallest absolute Gasteiger partial charge is 0.143 e. The molecule has 0 atom stereocenters. The van der Waals surface area contributed by atoms with Crippen LogP contribution in [0.25, 0.3) is 297 Å². The van der Waals surface area contributed by atoms with Crippen molar-refractivity contribution in [1.82, 2.24) is 15.0 Å². The van der Waals surface area contributed by atoms with Crippen LogP contribution in [0.4, 0.5) is 0 Å². The van der Waals surface area contributed by atoms with Gasteiger partial charge in [-0.1, -0.05) is 425 Å². The van der Waals surface area contributed by atoms with Gasteiger partial charge >= 0.3 is 0 Å². The summed E-state index contributed by atoms with van der Waals surface area (Å²) in [4.78, 5) is 16.0. The van der Waals surface area contributed by atoms with Gasteiger partial charge in [0.1, 0.15) is 33.5 Å². The Labute approximate surface area is 847 Å². The van der Waals surface area contributed by atoms with Gasteiger partial charge < -0.3 is 13.3 Å². The standard InChI is InChI=1S/C53H33NO.C47H29NO.C41H25NO/c1-4-15-34(16-5-1)39-30-46(36-19-8-3-9-20-36)52-48(32-39)49-33-40(35-17-6-2-7-18-35)31-47(53(49)55-52)37-21-14-22-38(29-37)50-28-27-45-43-25-11-10-23-41(43)42-24-12-13-26-44(42)51(45)54-50;1-3-12-30(13-4-1)32-22-25-45-42(27-32)43-29-35(31-14-5-2-6-15-31)28-41(47(43)49-45)33-16-11-17-34(26-33)44-24-23-40-38-20-8-7-18-36(38)37-19-9-10-21-39(37)46(40)48-44;1-2-11-26(12-3-1)29-19-9-21-36-37-22-10-20-30(41(37)43-40(29)36)27-13-8-14-28(25-27)38-24-23-35-33-17-5-4-15-31(33)32-16-6-7-18-34(32)39(35)42-38/h1-33H;1-29H;1-25H. The first-order chi connectivity index (χ1) is 72.9.